The standard InChI is InChI=1S/C50H58P2/c1-34-17-13-15-23-46(34)52(47-24-16-14-18-35(47)2)33-39-28-43(48(3,4)40-19-9-7-10-20-40)44(49(5,6)41-21-11-8-12-22-41)29-42(39)50-30-36-25-37(31-50)27-38(26-36)45(50)32-51/h7-24,28-29,36-38,45H,25-27,30-33,51H2,1-6H3. The third-order valence-electron chi connectivity index (χ3n) is 14.0. The summed E-state index contributed by atoms with van der Waals surface area (Å²) in [5.41, 5.74) is 11.9. The van der Waals surface area contributed by atoms with Crippen LogP contribution in [0, 0.1) is 37.5 Å². The molecule has 2 heteroatoms. The Labute approximate surface area is 318 Å². The minimum Gasteiger partial charge on any atom is -0.137 e. The average molecular weight is 721 g/mol. The van der Waals surface area contributed by atoms with Crippen LogP contribution in [0.15, 0.2) is 121 Å². The van der Waals surface area contributed by atoms with E-state index in [1.54, 1.807) is 11.1 Å². The molecule has 4 saturated carbocycles. The molecule has 4 unspecified atom stereocenters. The Morgan fingerprint density at radius 1 is 0.615 bits per heavy atom. The summed E-state index contributed by atoms with van der Waals surface area (Å²) >= 11 is 0. The first-order chi connectivity index (χ1) is 25.0. The summed E-state index contributed by atoms with van der Waals surface area (Å²) in [7, 11) is 2.62. The zero-order chi connectivity index (χ0) is 36.3. The predicted molar refractivity (Wildman–Crippen MR) is 229 cm³/mol. The average Bonchev–Trinajstić information content (AvgIpc) is 3.14. The quantitative estimate of drug-likeness (QED) is 0.126. The van der Waals surface area contributed by atoms with Gasteiger partial charge in [0.2, 0.25) is 0 Å². The Balaban J connectivity index is 1.43. The van der Waals surface area contributed by atoms with Gasteiger partial charge in [0.15, 0.2) is 0 Å². The van der Waals surface area contributed by atoms with E-state index in [0.29, 0.717) is 0 Å². The molecule has 4 aliphatic rings. The van der Waals surface area contributed by atoms with Gasteiger partial charge in [-0.1, -0.05) is 149 Å². The summed E-state index contributed by atoms with van der Waals surface area (Å²) in [4.78, 5) is 0. The minimum absolute atomic E-state index is 0.161. The summed E-state index contributed by atoms with van der Waals surface area (Å²) in [6.07, 6.45) is 9.38. The van der Waals surface area contributed by atoms with Crippen LogP contribution in [0.25, 0.3) is 0 Å². The highest BCUT2D eigenvalue weighted by Crippen LogP contribution is 2.65. The van der Waals surface area contributed by atoms with Crippen LogP contribution in [-0.4, -0.2) is 6.16 Å². The normalized spacial score (nSPS) is 24.1. The van der Waals surface area contributed by atoms with Crippen LogP contribution in [0.2, 0.25) is 0 Å². The van der Waals surface area contributed by atoms with Gasteiger partial charge in [-0.3, -0.25) is 0 Å². The zero-order valence-corrected chi connectivity index (χ0v) is 34.4. The summed E-state index contributed by atoms with van der Waals surface area (Å²) in [5.74, 6) is 3.33. The van der Waals surface area contributed by atoms with E-state index in [-0.39, 0.29) is 16.2 Å². The number of hydrogen-bond donors (Lipinski definition) is 0. The Kier molecular flexibility index (Phi) is 9.67. The second kappa shape index (κ2) is 14.0. The molecule has 0 aliphatic heterocycles. The lowest BCUT2D eigenvalue weighted by Gasteiger charge is -2.62. The molecule has 0 N–H and O–H groups in total. The molecule has 268 valence electrons. The molecule has 4 bridgehead atoms. The van der Waals surface area contributed by atoms with Crippen molar-refractivity contribution in [2.45, 2.75) is 96.1 Å². The number of rotatable bonds is 10. The highest BCUT2D eigenvalue weighted by atomic mass is 31.1. The third-order valence-corrected chi connectivity index (χ3v) is 17.4. The van der Waals surface area contributed by atoms with Crippen LogP contribution in [0.4, 0.5) is 0 Å². The van der Waals surface area contributed by atoms with Gasteiger partial charge < -0.3 is 0 Å². The van der Waals surface area contributed by atoms with E-state index in [1.807, 2.05) is 0 Å². The Bertz CT molecular complexity index is 1980. The number of benzene rings is 5. The second-order valence-corrected chi connectivity index (χ2v) is 20.4. The molecule has 0 amide bonds. The van der Waals surface area contributed by atoms with Crippen molar-refractivity contribution < 1.29 is 0 Å². The number of hydrogen-bond acceptors (Lipinski definition) is 0. The highest BCUT2D eigenvalue weighted by molar-refractivity contribution is 7.72. The lowest BCUT2D eigenvalue weighted by molar-refractivity contribution is -0.0521. The maximum Gasteiger partial charge on any atom is 0.0149 e. The van der Waals surface area contributed by atoms with Gasteiger partial charge in [-0.2, -0.15) is 0 Å². The molecule has 0 radical (unpaired) electrons. The van der Waals surface area contributed by atoms with Crippen molar-refractivity contribution in [2.75, 3.05) is 6.16 Å². The molecule has 0 nitrogen and oxygen atoms in total. The fourth-order valence-electron chi connectivity index (χ4n) is 11.5. The first-order valence-corrected chi connectivity index (χ1v) is 22.3. The Morgan fingerprint density at radius 2 is 1.08 bits per heavy atom. The van der Waals surface area contributed by atoms with Crippen LogP contribution < -0.4 is 10.6 Å². The molecule has 4 fully saturated rings. The van der Waals surface area contributed by atoms with E-state index in [4.69, 9.17) is 0 Å². The van der Waals surface area contributed by atoms with E-state index >= 15 is 0 Å². The molecule has 0 heterocycles. The lowest BCUT2D eigenvalue weighted by atomic mass is 9.43. The van der Waals surface area contributed by atoms with E-state index in [9.17, 15) is 0 Å². The minimum atomic E-state index is -0.634. The fraction of sp³-hybridized carbons (Fsp3) is 0.400. The van der Waals surface area contributed by atoms with Crippen LogP contribution in [0.5, 0.6) is 0 Å². The van der Waals surface area contributed by atoms with Crippen molar-refractivity contribution in [2.24, 2.45) is 23.7 Å². The maximum absolute atomic E-state index is 3.26. The zero-order valence-electron chi connectivity index (χ0n) is 32.3. The van der Waals surface area contributed by atoms with Crippen molar-refractivity contribution >= 4 is 27.8 Å². The molecule has 52 heavy (non-hydrogen) atoms. The molecule has 9 rings (SSSR count). The van der Waals surface area contributed by atoms with E-state index in [0.717, 1.165) is 29.8 Å². The summed E-state index contributed by atoms with van der Waals surface area (Å²) in [5, 5.41) is 3.06. The van der Waals surface area contributed by atoms with Crippen LogP contribution in [0.1, 0.15) is 104 Å². The Morgan fingerprint density at radius 3 is 1.56 bits per heavy atom. The summed E-state index contributed by atoms with van der Waals surface area (Å²) < 4.78 is 0. The van der Waals surface area contributed by atoms with Crippen LogP contribution in [-0.2, 0) is 22.4 Å². The smallest absolute Gasteiger partial charge is 0.0149 e. The topological polar surface area (TPSA) is 0 Å². The second-order valence-electron chi connectivity index (χ2n) is 17.8. The molecule has 0 aromatic heterocycles. The van der Waals surface area contributed by atoms with Crippen molar-refractivity contribution in [1.29, 1.82) is 0 Å². The highest BCUT2D eigenvalue weighted by Gasteiger charge is 2.57. The molecule has 0 spiro atoms. The monoisotopic (exact) mass is 720 g/mol. The van der Waals surface area contributed by atoms with Gasteiger partial charge in [-0.15, -0.1) is 9.24 Å². The predicted octanol–water partition coefficient (Wildman–Crippen LogP) is 12.2. The summed E-state index contributed by atoms with van der Waals surface area (Å²) in [6, 6.07) is 46.8. The number of aryl methyl sites for hydroxylation is 2. The van der Waals surface area contributed by atoms with E-state index in [1.165, 1.54) is 82.3 Å². The third kappa shape index (κ3) is 6.15. The van der Waals surface area contributed by atoms with Gasteiger partial charge in [0.05, 0.1) is 0 Å². The maximum atomic E-state index is 3.26. The largest absolute Gasteiger partial charge is 0.137 e. The molecular formula is C50H58P2. The van der Waals surface area contributed by atoms with Gasteiger partial charge >= 0.3 is 0 Å². The molecule has 0 saturated heterocycles. The van der Waals surface area contributed by atoms with Crippen molar-refractivity contribution in [3.05, 3.63) is 166 Å². The fourth-order valence-corrected chi connectivity index (χ4v) is 15.1. The van der Waals surface area contributed by atoms with Crippen LogP contribution in [0.3, 0.4) is 0 Å². The van der Waals surface area contributed by atoms with Gasteiger partial charge in [0.1, 0.15) is 0 Å². The molecule has 5 aromatic rings. The van der Waals surface area contributed by atoms with Gasteiger partial charge in [-0.05, 0) is 144 Å². The van der Waals surface area contributed by atoms with Crippen LogP contribution >= 0.6 is 17.2 Å². The van der Waals surface area contributed by atoms with E-state index in [2.05, 4.69) is 172 Å². The molecule has 4 aliphatic carbocycles. The van der Waals surface area contributed by atoms with Crippen molar-refractivity contribution in [3.8, 4) is 0 Å². The molecule has 4 atom stereocenters. The van der Waals surface area contributed by atoms with E-state index < -0.39 is 7.92 Å². The molecular weight excluding hydrogens is 662 g/mol. The first kappa shape index (κ1) is 36.0. The first-order valence-electron chi connectivity index (χ1n) is 19.9. The van der Waals surface area contributed by atoms with Gasteiger partial charge in [-0.25, -0.2) is 0 Å². The van der Waals surface area contributed by atoms with Gasteiger partial charge in [0, 0.05) is 17.0 Å². The van der Waals surface area contributed by atoms with Gasteiger partial charge in [0.25, 0.3) is 0 Å². The summed E-state index contributed by atoms with van der Waals surface area (Å²) in [6.45, 7) is 14.6. The SMILES string of the molecule is Cc1ccccc1P(Cc1cc(C(C)(C)c2ccccc2)c(C(C)(C)c2ccccc2)cc1C12CC3CC(CC(C3)C1CP)C2)c1ccccc1C. The lowest BCUT2D eigenvalue weighted by Crippen LogP contribution is -2.56. The Hall–Kier alpha value is -3.04. The van der Waals surface area contributed by atoms with Crippen molar-refractivity contribution in [1.82, 2.24) is 0 Å². The molecule has 5 aromatic carbocycles. The van der Waals surface area contributed by atoms with Crippen molar-refractivity contribution in [3.63, 3.8) is 0 Å².